The fraction of sp³-hybridized carbons (Fsp3) is 0.789. The van der Waals surface area contributed by atoms with Crippen molar-refractivity contribution in [2.45, 2.75) is 96.9 Å². The van der Waals surface area contributed by atoms with Gasteiger partial charge in [0.25, 0.3) is 5.56 Å². The molecule has 5 heteroatoms. The second kappa shape index (κ2) is 12.5. The molecule has 0 spiro atoms. The maximum Gasteiger partial charge on any atom is 0.328 e. The smallest absolute Gasteiger partial charge is 0.296 e. The summed E-state index contributed by atoms with van der Waals surface area (Å²) in [5.41, 5.74) is -0.629. The highest BCUT2D eigenvalue weighted by atomic mass is 79.9. The van der Waals surface area contributed by atoms with Crippen molar-refractivity contribution in [3.63, 3.8) is 0 Å². The minimum atomic E-state index is -0.346. The van der Waals surface area contributed by atoms with Crippen molar-refractivity contribution in [1.29, 1.82) is 0 Å². The summed E-state index contributed by atoms with van der Waals surface area (Å²) in [7, 11) is 0. The van der Waals surface area contributed by atoms with Crippen LogP contribution in [0.4, 0.5) is 0 Å². The zero-order valence-corrected chi connectivity index (χ0v) is 16.9. The van der Waals surface area contributed by atoms with Crippen LogP contribution in [0.5, 0.6) is 0 Å². The summed E-state index contributed by atoms with van der Waals surface area (Å²) in [5, 5.41) is 0. The second-order valence-corrected chi connectivity index (χ2v) is 7.56. The molecule has 1 heterocycles. The molecule has 0 saturated heterocycles. The molecule has 0 atom stereocenters. The molecule has 138 valence electrons. The van der Waals surface area contributed by atoms with Crippen molar-refractivity contribution in [3.8, 4) is 0 Å². The predicted molar refractivity (Wildman–Crippen MR) is 105 cm³/mol. The van der Waals surface area contributed by atoms with Gasteiger partial charge in [0.1, 0.15) is 0 Å². The lowest BCUT2D eigenvalue weighted by Crippen LogP contribution is -2.32. The molecule has 0 aliphatic heterocycles. The number of unbranched alkanes of at least 4 members (excludes halogenated alkanes) is 8. The second-order valence-electron chi connectivity index (χ2n) is 6.70. The van der Waals surface area contributed by atoms with Crippen LogP contribution >= 0.6 is 15.9 Å². The Morgan fingerprint density at radius 3 is 1.92 bits per heavy atom. The van der Waals surface area contributed by atoms with E-state index in [0.717, 1.165) is 25.7 Å². The molecule has 0 aliphatic carbocycles. The molecule has 1 aromatic rings. The number of aromatic nitrogens is 2. The van der Waals surface area contributed by atoms with E-state index in [-0.39, 0.29) is 17.3 Å². The highest BCUT2D eigenvalue weighted by molar-refractivity contribution is 9.10. The van der Waals surface area contributed by atoms with Crippen LogP contribution in [0.2, 0.25) is 0 Å². The molecule has 0 fully saturated rings. The minimum Gasteiger partial charge on any atom is -0.296 e. The number of halogens is 1. The van der Waals surface area contributed by atoms with Crippen molar-refractivity contribution in [2.75, 3.05) is 0 Å². The summed E-state index contributed by atoms with van der Waals surface area (Å²) in [5.74, 6) is 0. The topological polar surface area (TPSA) is 54.9 Å². The summed E-state index contributed by atoms with van der Waals surface area (Å²) in [6.07, 6.45) is 16.0. The average Bonchev–Trinajstić information content (AvgIpc) is 2.56. The molecule has 0 amide bonds. The van der Waals surface area contributed by atoms with E-state index >= 15 is 0 Å². The van der Waals surface area contributed by atoms with Gasteiger partial charge in [0.15, 0.2) is 0 Å². The van der Waals surface area contributed by atoms with E-state index in [4.69, 9.17) is 0 Å². The van der Waals surface area contributed by atoms with Crippen molar-refractivity contribution in [2.24, 2.45) is 0 Å². The van der Waals surface area contributed by atoms with E-state index in [1.165, 1.54) is 51.4 Å². The Balaban J connectivity index is 2.67. The summed E-state index contributed by atoms with van der Waals surface area (Å²) >= 11 is 3.25. The van der Waals surface area contributed by atoms with Crippen LogP contribution in [0.15, 0.2) is 20.3 Å². The van der Waals surface area contributed by atoms with Crippen LogP contribution in [0.3, 0.4) is 0 Å². The Bertz CT molecular complexity index is 551. The van der Waals surface area contributed by atoms with Gasteiger partial charge in [-0.05, 0) is 28.8 Å². The lowest BCUT2D eigenvalue weighted by atomic mass is 10.00. The lowest BCUT2D eigenvalue weighted by Gasteiger charge is -2.20. The first-order valence-corrected chi connectivity index (χ1v) is 10.4. The van der Waals surface area contributed by atoms with Crippen LogP contribution in [0.1, 0.15) is 96.9 Å². The van der Waals surface area contributed by atoms with Crippen molar-refractivity contribution < 1.29 is 0 Å². The largest absolute Gasteiger partial charge is 0.328 e. The molecule has 0 radical (unpaired) electrons. The number of nitrogens with one attached hydrogen (secondary N) is 1. The summed E-state index contributed by atoms with van der Waals surface area (Å²) in [6, 6.07) is 0.189. The van der Waals surface area contributed by atoms with Crippen molar-refractivity contribution in [3.05, 3.63) is 31.5 Å². The molecule has 1 rings (SSSR count). The zero-order chi connectivity index (χ0) is 17.8. The van der Waals surface area contributed by atoms with Gasteiger partial charge < -0.3 is 0 Å². The van der Waals surface area contributed by atoms with E-state index in [1.807, 2.05) is 0 Å². The molecule has 0 saturated carbocycles. The molecule has 0 unspecified atom stereocenters. The number of nitrogens with zero attached hydrogens (tertiary/aromatic N) is 1. The standard InChI is InChI=1S/C19H33BrN2O2/c1-3-5-7-9-11-13-16(14-12-10-8-6-4-2)22-15-17(20)18(23)21-19(22)24/h15-16H,3-14H2,1-2H3,(H,21,23,24). The highest BCUT2D eigenvalue weighted by Gasteiger charge is 2.14. The number of aromatic amines is 1. The van der Waals surface area contributed by atoms with Crippen LogP contribution in [0, 0.1) is 0 Å². The monoisotopic (exact) mass is 400 g/mol. The first kappa shape index (κ1) is 21.2. The number of hydrogen-bond acceptors (Lipinski definition) is 2. The molecule has 0 aromatic carbocycles. The third-order valence-electron chi connectivity index (χ3n) is 4.60. The fourth-order valence-corrected chi connectivity index (χ4v) is 3.44. The third-order valence-corrected chi connectivity index (χ3v) is 5.16. The number of hydrogen-bond donors (Lipinski definition) is 1. The van der Waals surface area contributed by atoms with Gasteiger partial charge in [0.05, 0.1) is 4.47 Å². The maximum absolute atomic E-state index is 12.2. The predicted octanol–water partition coefficient (Wildman–Crippen LogP) is 5.56. The highest BCUT2D eigenvalue weighted by Crippen LogP contribution is 2.22. The minimum absolute atomic E-state index is 0.189. The van der Waals surface area contributed by atoms with Gasteiger partial charge in [0, 0.05) is 12.2 Å². The SMILES string of the molecule is CCCCCCCC(CCCCCCC)n1cc(Br)c(=O)[nH]c1=O. The zero-order valence-electron chi connectivity index (χ0n) is 15.3. The quantitative estimate of drug-likeness (QED) is 0.440. The van der Waals surface area contributed by atoms with Crippen molar-refractivity contribution in [1.82, 2.24) is 9.55 Å². The van der Waals surface area contributed by atoms with Crippen LogP contribution in [0.25, 0.3) is 0 Å². The van der Waals surface area contributed by atoms with Gasteiger partial charge in [-0.15, -0.1) is 0 Å². The number of H-pyrrole nitrogens is 1. The Morgan fingerprint density at radius 1 is 0.917 bits per heavy atom. The third kappa shape index (κ3) is 7.82. The van der Waals surface area contributed by atoms with Gasteiger partial charge in [-0.2, -0.15) is 0 Å². The van der Waals surface area contributed by atoms with E-state index in [0.29, 0.717) is 4.47 Å². The van der Waals surface area contributed by atoms with Crippen molar-refractivity contribution >= 4 is 15.9 Å². The average molecular weight is 401 g/mol. The van der Waals surface area contributed by atoms with Gasteiger partial charge in [-0.3, -0.25) is 14.3 Å². The van der Waals surface area contributed by atoms with E-state index in [2.05, 4.69) is 34.8 Å². The first-order valence-electron chi connectivity index (χ1n) is 9.61. The van der Waals surface area contributed by atoms with Gasteiger partial charge in [-0.25, -0.2) is 4.79 Å². The van der Waals surface area contributed by atoms with E-state index in [9.17, 15) is 9.59 Å². The lowest BCUT2D eigenvalue weighted by molar-refractivity contribution is 0.381. The molecule has 0 aliphatic rings. The molecule has 0 bridgehead atoms. The normalized spacial score (nSPS) is 11.3. The Hall–Kier alpha value is -0.840. The first-order chi connectivity index (χ1) is 11.6. The van der Waals surface area contributed by atoms with Crippen LogP contribution in [-0.2, 0) is 0 Å². The van der Waals surface area contributed by atoms with Crippen LogP contribution in [-0.4, -0.2) is 9.55 Å². The van der Waals surface area contributed by atoms with Gasteiger partial charge in [0.2, 0.25) is 0 Å². The van der Waals surface area contributed by atoms with Crippen LogP contribution < -0.4 is 11.2 Å². The van der Waals surface area contributed by atoms with E-state index in [1.54, 1.807) is 10.8 Å². The summed E-state index contributed by atoms with van der Waals surface area (Å²) < 4.78 is 2.16. The van der Waals surface area contributed by atoms with Gasteiger partial charge >= 0.3 is 5.69 Å². The van der Waals surface area contributed by atoms with E-state index < -0.39 is 0 Å². The molecular formula is C19H33BrN2O2. The Kier molecular flexibility index (Phi) is 11.1. The molecular weight excluding hydrogens is 368 g/mol. The molecule has 24 heavy (non-hydrogen) atoms. The maximum atomic E-state index is 12.2. The molecule has 1 aromatic heterocycles. The van der Waals surface area contributed by atoms with Gasteiger partial charge in [-0.1, -0.05) is 78.1 Å². The number of rotatable bonds is 13. The molecule has 4 nitrogen and oxygen atoms in total. The Morgan fingerprint density at radius 2 is 1.42 bits per heavy atom. The summed E-state index contributed by atoms with van der Waals surface area (Å²) in [4.78, 5) is 26.2. The Labute approximate surface area is 154 Å². The molecule has 1 N–H and O–H groups in total. The summed E-state index contributed by atoms with van der Waals surface area (Å²) in [6.45, 7) is 4.44. The fourth-order valence-electron chi connectivity index (χ4n) is 3.12.